The van der Waals surface area contributed by atoms with Gasteiger partial charge >= 0.3 is 0 Å². The van der Waals surface area contributed by atoms with Gasteiger partial charge in [0.05, 0.1) is 22.1 Å². The SMILES string of the molecule is Cc1ccc(S(=O)[C@H](c2ccccc2)[C@@H](N=Cc2ccccc2O)c2ccccc2)cc1. The van der Waals surface area contributed by atoms with E-state index in [-0.39, 0.29) is 5.75 Å². The number of para-hydroxylation sites is 1. The van der Waals surface area contributed by atoms with Crippen molar-refractivity contribution in [3.8, 4) is 5.75 Å². The Hall–Kier alpha value is -3.50. The standard InChI is InChI=1S/C28H25NO2S/c1-21-16-18-25(19-17-21)32(31)28(23-12-6-3-7-13-23)27(22-10-4-2-5-11-22)29-20-24-14-8-9-15-26(24)30/h2-20,27-28,30H,1H3/t27-,28+,32?/m0/s1. The maximum atomic E-state index is 13.9. The lowest BCUT2D eigenvalue weighted by molar-refractivity contribution is 0.474. The summed E-state index contributed by atoms with van der Waals surface area (Å²) in [6.45, 7) is 2.02. The number of aliphatic imine (C=N–C) groups is 1. The molecule has 0 bridgehead atoms. The van der Waals surface area contributed by atoms with Gasteiger partial charge in [-0.25, -0.2) is 0 Å². The summed E-state index contributed by atoms with van der Waals surface area (Å²) in [4.78, 5) is 5.65. The minimum atomic E-state index is -1.35. The highest BCUT2D eigenvalue weighted by atomic mass is 32.2. The molecule has 4 aromatic carbocycles. The molecule has 4 aromatic rings. The van der Waals surface area contributed by atoms with Gasteiger partial charge in [0, 0.05) is 16.7 Å². The Balaban J connectivity index is 1.84. The lowest BCUT2D eigenvalue weighted by Crippen LogP contribution is -2.16. The van der Waals surface area contributed by atoms with Crippen molar-refractivity contribution in [3.05, 3.63) is 131 Å². The van der Waals surface area contributed by atoms with Gasteiger partial charge < -0.3 is 5.11 Å². The van der Waals surface area contributed by atoms with Crippen LogP contribution in [-0.2, 0) is 10.8 Å². The fourth-order valence-corrected chi connectivity index (χ4v) is 5.19. The first-order chi connectivity index (χ1) is 15.6. The van der Waals surface area contributed by atoms with E-state index in [1.807, 2.05) is 104 Å². The molecule has 0 heterocycles. The molecule has 0 radical (unpaired) electrons. The average molecular weight is 440 g/mol. The molecule has 0 fully saturated rings. The van der Waals surface area contributed by atoms with Gasteiger partial charge in [-0.1, -0.05) is 90.5 Å². The zero-order valence-corrected chi connectivity index (χ0v) is 18.7. The summed E-state index contributed by atoms with van der Waals surface area (Å²) in [5.74, 6) is 0.166. The summed E-state index contributed by atoms with van der Waals surface area (Å²) >= 11 is 0. The molecule has 0 saturated heterocycles. The molecular weight excluding hydrogens is 414 g/mol. The van der Waals surface area contributed by atoms with Crippen LogP contribution in [0.2, 0.25) is 0 Å². The second-order valence-electron chi connectivity index (χ2n) is 7.63. The van der Waals surface area contributed by atoms with Crippen molar-refractivity contribution in [3.63, 3.8) is 0 Å². The number of phenolic OH excluding ortho intramolecular Hbond substituents is 1. The number of aryl methyl sites for hydroxylation is 1. The van der Waals surface area contributed by atoms with Gasteiger partial charge in [-0.05, 0) is 42.3 Å². The first-order valence-electron chi connectivity index (χ1n) is 10.5. The van der Waals surface area contributed by atoms with E-state index >= 15 is 0 Å². The topological polar surface area (TPSA) is 49.7 Å². The van der Waals surface area contributed by atoms with Gasteiger partial charge in [0.15, 0.2) is 0 Å². The molecule has 0 aliphatic carbocycles. The quantitative estimate of drug-likeness (QED) is 0.338. The van der Waals surface area contributed by atoms with Crippen LogP contribution in [0.15, 0.2) is 119 Å². The fraction of sp³-hybridized carbons (Fsp3) is 0.107. The van der Waals surface area contributed by atoms with Crippen LogP contribution in [0, 0.1) is 6.92 Å². The summed E-state index contributed by atoms with van der Waals surface area (Å²) in [5.41, 5.74) is 3.67. The fourth-order valence-electron chi connectivity index (χ4n) is 3.63. The summed E-state index contributed by atoms with van der Waals surface area (Å²) < 4.78 is 13.9. The van der Waals surface area contributed by atoms with Crippen LogP contribution in [0.1, 0.15) is 33.5 Å². The Morgan fingerprint density at radius 2 is 1.31 bits per heavy atom. The van der Waals surface area contributed by atoms with Gasteiger partial charge in [0.2, 0.25) is 0 Å². The van der Waals surface area contributed by atoms with Gasteiger partial charge in [-0.15, -0.1) is 0 Å². The molecule has 32 heavy (non-hydrogen) atoms. The number of hydrogen-bond donors (Lipinski definition) is 1. The lowest BCUT2D eigenvalue weighted by atomic mass is 9.98. The van der Waals surface area contributed by atoms with E-state index in [9.17, 15) is 9.32 Å². The maximum absolute atomic E-state index is 13.9. The van der Waals surface area contributed by atoms with Gasteiger partial charge in [0.1, 0.15) is 5.75 Å². The molecule has 1 unspecified atom stereocenters. The number of phenols is 1. The van der Waals surface area contributed by atoms with E-state index in [0.717, 1.165) is 21.6 Å². The molecule has 0 aromatic heterocycles. The maximum Gasteiger partial charge on any atom is 0.124 e. The molecule has 0 aliphatic rings. The third-order valence-electron chi connectivity index (χ3n) is 5.35. The van der Waals surface area contributed by atoms with Crippen molar-refractivity contribution in [2.24, 2.45) is 4.99 Å². The Bertz CT molecular complexity index is 1210. The number of hydrogen-bond acceptors (Lipinski definition) is 3. The zero-order valence-electron chi connectivity index (χ0n) is 17.8. The van der Waals surface area contributed by atoms with Crippen LogP contribution < -0.4 is 0 Å². The molecule has 0 aliphatic heterocycles. The Kier molecular flexibility index (Phi) is 6.93. The normalized spacial score (nSPS) is 14.2. The van der Waals surface area contributed by atoms with E-state index in [1.54, 1.807) is 18.3 Å². The average Bonchev–Trinajstić information content (AvgIpc) is 2.84. The number of rotatable bonds is 7. The minimum Gasteiger partial charge on any atom is -0.507 e. The highest BCUT2D eigenvalue weighted by Gasteiger charge is 2.30. The van der Waals surface area contributed by atoms with E-state index < -0.39 is 22.1 Å². The molecule has 3 atom stereocenters. The first kappa shape index (κ1) is 21.7. The van der Waals surface area contributed by atoms with E-state index in [0.29, 0.717) is 5.56 Å². The number of nitrogens with zero attached hydrogens (tertiary/aromatic N) is 1. The van der Waals surface area contributed by atoms with Crippen LogP contribution in [0.3, 0.4) is 0 Å². The van der Waals surface area contributed by atoms with Crippen LogP contribution in [0.4, 0.5) is 0 Å². The van der Waals surface area contributed by atoms with Gasteiger partial charge in [-0.3, -0.25) is 9.20 Å². The summed E-state index contributed by atoms with van der Waals surface area (Å²) in [5, 5.41) is 9.81. The second-order valence-corrected chi connectivity index (χ2v) is 9.21. The van der Waals surface area contributed by atoms with Gasteiger partial charge in [-0.2, -0.15) is 0 Å². The van der Waals surface area contributed by atoms with Crippen molar-refractivity contribution >= 4 is 17.0 Å². The summed E-state index contributed by atoms with van der Waals surface area (Å²) in [6, 6.07) is 34.3. The summed E-state index contributed by atoms with van der Waals surface area (Å²) in [6.07, 6.45) is 1.68. The third kappa shape index (κ3) is 5.04. The van der Waals surface area contributed by atoms with Crippen LogP contribution in [-0.4, -0.2) is 15.5 Å². The molecule has 0 amide bonds. The zero-order chi connectivity index (χ0) is 22.3. The van der Waals surface area contributed by atoms with Crippen LogP contribution in [0.25, 0.3) is 0 Å². The Labute approximate surface area is 191 Å². The third-order valence-corrected chi connectivity index (χ3v) is 7.08. The smallest absolute Gasteiger partial charge is 0.124 e. The highest BCUT2D eigenvalue weighted by Crippen LogP contribution is 2.39. The molecular formula is C28H25NO2S. The Morgan fingerprint density at radius 3 is 1.94 bits per heavy atom. The van der Waals surface area contributed by atoms with E-state index in [2.05, 4.69) is 0 Å². The first-order valence-corrected chi connectivity index (χ1v) is 11.7. The predicted octanol–water partition coefficient (Wildman–Crippen LogP) is 6.41. The predicted molar refractivity (Wildman–Crippen MR) is 132 cm³/mol. The van der Waals surface area contributed by atoms with Crippen molar-refractivity contribution in [1.29, 1.82) is 0 Å². The van der Waals surface area contributed by atoms with E-state index in [4.69, 9.17) is 4.99 Å². The van der Waals surface area contributed by atoms with Crippen molar-refractivity contribution < 1.29 is 9.32 Å². The molecule has 0 saturated carbocycles. The molecule has 160 valence electrons. The minimum absolute atomic E-state index is 0.166. The highest BCUT2D eigenvalue weighted by molar-refractivity contribution is 7.85. The summed E-state index contributed by atoms with van der Waals surface area (Å²) in [7, 11) is -1.35. The molecule has 0 spiro atoms. The molecule has 4 heteroatoms. The second kappa shape index (κ2) is 10.2. The Morgan fingerprint density at radius 1 is 0.750 bits per heavy atom. The number of aromatic hydroxyl groups is 1. The van der Waals surface area contributed by atoms with Gasteiger partial charge in [0.25, 0.3) is 0 Å². The molecule has 4 rings (SSSR count). The van der Waals surface area contributed by atoms with Crippen LogP contribution >= 0.6 is 0 Å². The number of benzene rings is 4. The molecule has 1 N–H and O–H groups in total. The van der Waals surface area contributed by atoms with Crippen molar-refractivity contribution in [2.75, 3.05) is 0 Å². The lowest BCUT2D eigenvalue weighted by Gasteiger charge is -2.25. The molecule has 3 nitrogen and oxygen atoms in total. The van der Waals surface area contributed by atoms with Crippen LogP contribution in [0.5, 0.6) is 5.75 Å². The van der Waals surface area contributed by atoms with Crippen molar-refractivity contribution in [2.45, 2.75) is 23.1 Å². The largest absolute Gasteiger partial charge is 0.507 e. The van der Waals surface area contributed by atoms with E-state index in [1.165, 1.54) is 0 Å². The monoisotopic (exact) mass is 439 g/mol. The van der Waals surface area contributed by atoms with Crippen molar-refractivity contribution in [1.82, 2.24) is 0 Å².